The largest absolute Gasteiger partial charge is 0.390 e. The van der Waals surface area contributed by atoms with Gasteiger partial charge in [0.15, 0.2) is 0 Å². The number of hydrogen-bond acceptors (Lipinski definition) is 7. The molecule has 1 aromatic heterocycles. The molecule has 0 radical (unpaired) electrons. The monoisotopic (exact) mass is 544 g/mol. The number of carbonyl (C=O) groups excluding carboxylic acids is 1. The van der Waals surface area contributed by atoms with Crippen LogP contribution in [0.2, 0.25) is 0 Å². The molecule has 7 fully saturated rings. The number of pyridine rings is 1. The maximum atomic E-state index is 13.6. The summed E-state index contributed by atoms with van der Waals surface area (Å²) in [4.78, 5) is 24.9. The third-order valence-corrected chi connectivity index (χ3v) is 11.7. The van der Waals surface area contributed by atoms with Crippen molar-refractivity contribution >= 4 is 27.6 Å². The van der Waals surface area contributed by atoms with Gasteiger partial charge < -0.3 is 25.1 Å². The van der Waals surface area contributed by atoms with E-state index in [0.717, 1.165) is 69.5 Å². The van der Waals surface area contributed by atoms with Gasteiger partial charge in [0.1, 0.15) is 5.82 Å². The molecule has 11 heteroatoms. The Morgan fingerprint density at radius 2 is 1.68 bits per heavy atom. The molecule has 1 aromatic rings. The van der Waals surface area contributed by atoms with Gasteiger partial charge in [0.05, 0.1) is 23.9 Å². The summed E-state index contributed by atoms with van der Waals surface area (Å²) in [5.41, 5.74) is 0.588. The van der Waals surface area contributed by atoms with E-state index in [4.69, 9.17) is 0 Å². The number of aromatic nitrogens is 1. The van der Waals surface area contributed by atoms with Crippen LogP contribution in [0.15, 0.2) is 18.3 Å². The van der Waals surface area contributed by atoms with Gasteiger partial charge in [-0.3, -0.25) is 0 Å². The molecule has 7 aliphatic rings. The lowest BCUT2D eigenvalue weighted by Gasteiger charge is -2.58. The molecule has 2 amide bonds. The summed E-state index contributed by atoms with van der Waals surface area (Å²) >= 11 is 0. The van der Waals surface area contributed by atoms with Gasteiger partial charge in [-0.05, 0) is 68.8 Å². The standard InChI is InChI=1S/C27H40N6O4S/c1-38(36,37)32-8-6-30(7-9-32)21-4-5-28-24(12-21)31-16-22-2-3-23(17-31)33(22)26(34)29-25-19-10-18-11-20(25)15-27(35,13-18)14-19/h4-5,12,18-20,22-23,25,35H,2-3,6-11,13-17H2,1H3,(H,29,34). The average molecular weight is 545 g/mol. The highest BCUT2D eigenvalue weighted by Crippen LogP contribution is 2.55. The Bertz CT molecular complexity index is 1170. The van der Waals surface area contributed by atoms with Gasteiger partial charge >= 0.3 is 6.03 Å². The highest BCUT2D eigenvalue weighted by molar-refractivity contribution is 7.88. The number of amides is 2. The lowest BCUT2D eigenvalue weighted by atomic mass is 9.52. The molecule has 38 heavy (non-hydrogen) atoms. The van der Waals surface area contributed by atoms with E-state index in [9.17, 15) is 18.3 Å². The molecule has 4 unspecified atom stereocenters. The fourth-order valence-corrected chi connectivity index (χ4v) is 9.74. The van der Waals surface area contributed by atoms with Crippen LogP contribution >= 0.6 is 0 Å². The summed E-state index contributed by atoms with van der Waals surface area (Å²) in [6, 6.07) is 4.77. The van der Waals surface area contributed by atoms with E-state index >= 15 is 0 Å². The maximum absolute atomic E-state index is 13.6. The molecular weight excluding hydrogens is 504 g/mol. The molecule has 10 nitrogen and oxygen atoms in total. The quantitative estimate of drug-likeness (QED) is 0.591. The molecule has 208 valence electrons. The van der Waals surface area contributed by atoms with Gasteiger partial charge in [-0.15, -0.1) is 0 Å². The third-order valence-electron chi connectivity index (χ3n) is 10.4. The first-order chi connectivity index (χ1) is 18.1. The summed E-state index contributed by atoms with van der Waals surface area (Å²) in [7, 11) is -3.15. The van der Waals surface area contributed by atoms with Crippen LogP contribution in [-0.2, 0) is 10.0 Å². The van der Waals surface area contributed by atoms with E-state index in [1.165, 1.54) is 6.26 Å². The Morgan fingerprint density at radius 3 is 2.29 bits per heavy atom. The number of urea groups is 1. The third kappa shape index (κ3) is 4.34. The lowest BCUT2D eigenvalue weighted by molar-refractivity contribution is -0.137. The summed E-state index contributed by atoms with van der Waals surface area (Å²) < 4.78 is 25.3. The van der Waals surface area contributed by atoms with Crippen LogP contribution in [0.1, 0.15) is 44.9 Å². The molecule has 4 heterocycles. The first kappa shape index (κ1) is 24.9. The number of hydrogen-bond donors (Lipinski definition) is 2. The smallest absolute Gasteiger partial charge is 0.318 e. The number of rotatable bonds is 4. The second-order valence-electron chi connectivity index (χ2n) is 12.9. The zero-order valence-electron chi connectivity index (χ0n) is 22.2. The van der Waals surface area contributed by atoms with Crippen LogP contribution in [0, 0.1) is 17.8 Å². The first-order valence-corrected chi connectivity index (χ1v) is 16.2. The summed E-state index contributed by atoms with van der Waals surface area (Å²) in [6.45, 7) is 3.88. The fraction of sp³-hybridized carbons (Fsp3) is 0.778. The number of nitrogens with one attached hydrogen (secondary N) is 1. The van der Waals surface area contributed by atoms with E-state index in [1.54, 1.807) is 4.31 Å². The summed E-state index contributed by atoms with van der Waals surface area (Å²) in [5.74, 6) is 2.40. The van der Waals surface area contributed by atoms with Crippen molar-refractivity contribution < 1.29 is 18.3 Å². The lowest BCUT2D eigenvalue weighted by Crippen LogP contribution is -2.65. The van der Waals surface area contributed by atoms with Gasteiger partial charge in [0.25, 0.3) is 0 Å². The molecule has 3 aliphatic heterocycles. The maximum Gasteiger partial charge on any atom is 0.318 e. The average Bonchev–Trinajstić information content (AvgIpc) is 3.14. The van der Waals surface area contributed by atoms with Crippen LogP contribution in [-0.4, -0.2) is 103 Å². The minimum atomic E-state index is -3.15. The van der Waals surface area contributed by atoms with Crippen molar-refractivity contribution in [2.45, 2.75) is 68.7 Å². The van der Waals surface area contributed by atoms with E-state index < -0.39 is 15.6 Å². The molecule has 6 bridgehead atoms. The molecule has 4 saturated carbocycles. The number of aliphatic hydroxyl groups is 1. The predicted molar refractivity (Wildman–Crippen MR) is 145 cm³/mol. The van der Waals surface area contributed by atoms with Crippen LogP contribution < -0.4 is 15.1 Å². The Hall–Kier alpha value is -2.11. The molecule has 3 saturated heterocycles. The van der Waals surface area contributed by atoms with Crippen molar-refractivity contribution in [3.8, 4) is 0 Å². The number of fused-ring (bicyclic) bond motifs is 2. The van der Waals surface area contributed by atoms with Gasteiger partial charge in [-0.2, -0.15) is 4.31 Å². The first-order valence-electron chi connectivity index (χ1n) is 14.4. The molecule has 4 aliphatic carbocycles. The van der Waals surface area contributed by atoms with E-state index in [-0.39, 0.29) is 24.2 Å². The molecule has 4 atom stereocenters. The number of nitrogens with zero attached hydrogens (tertiary/aromatic N) is 5. The van der Waals surface area contributed by atoms with E-state index in [1.807, 2.05) is 12.3 Å². The minimum Gasteiger partial charge on any atom is -0.390 e. The summed E-state index contributed by atoms with van der Waals surface area (Å²) in [5, 5.41) is 14.4. The Morgan fingerprint density at radius 1 is 1.03 bits per heavy atom. The van der Waals surface area contributed by atoms with Crippen molar-refractivity contribution in [3.63, 3.8) is 0 Å². The van der Waals surface area contributed by atoms with Crippen LogP contribution in [0.3, 0.4) is 0 Å². The van der Waals surface area contributed by atoms with Crippen LogP contribution in [0.5, 0.6) is 0 Å². The Balaban J connectivity index is 0.998. The highest BCUT2D eigenvalue weighted by atomic mass is 32.2. The van der Waals surface area contributed by atoms with Crippen molar-refractivity contribution in [2.24, 2.45) is 17.8 Å². The fourth-order valence-electron chi connectivity index (χ4n) is 8.91. The topological polar surface area (TPSA) is 109 Å². The number of anilines is 2. The van der Waals surface area contributed by atoms with Crippen molar-refractivity contribution in [3.05, 3.63) is 18.3 Å². The second kappa shape index (κ2) is 8.96. The highest BCUT2D eigenvalue weighted by Gasteiger charge is 2.55. The zero-order chi connectivity index (χ0) is 26.2. The molecule has 2 N–H and O–H groups in total. The molecule has 8 rings (SSSR count). The van der Waals surface area contributed by atoms with Gasteiger partial charge in [-0.1, -0.05) is 0 Å². The number of piperazine rings is 2. The zero-order valence-corrected chi connectivity index (χ0v) is 23.0. The van der Waals surface area contributed by atoms with Crippen LogP contribution in [0.4, 0.5) is 16.3 Å². The van der Waals surface area contributed by atoms with Crippen LogP contribution in [0.25, 0.3) is 0 Å². The Labute approximate surface area is 225 Å². The molecular formula is C27H40N6O4S. The normalized spacial score (nSPS) is 38.6. The predicted octanol–water partition coefficient (Wildman–Crippen LogP) is 1.47. The van der Waals surface area contributed by atoms with E-state index in [2.05, 4.69) is 31.1 Å². The van der Waals surface area contributed by atoms with Crippen molar-refractivity contribution in [1.29, 1.82) is 0 Å². The molecule has 0 spiro atoms. The second-order valence-corrected chi connectivity index (χ2v) is 14.9. The number of carbonyl (C=O) groups is 1. The SMILES string of the molecule is CS(=O)(=O)N1CCN(c2ccnc(N3CC4CCC(C3)N4C(=O)NC3C4CC5CC3CC(O)(C5)C4)c2)CC1. The van der Waals surface area contributed by atoms with Crippen molar-refractivity contribution in [2.75, 3.05) is 55.3 Å². The minimum absolute atomic E-state index is 0.0899. The molecule has 0 aromatic carbocycles. The van der Waals surface area contributed by atoms with E-state index in [0.29, 0.717) is 43.9 Å². The van der Waals surface area contributed by atoms with Gasteiger partial charge in [0.2, 0.25) is 10.0 Å². The summed E-state index contributed by atoms with van der Waals surface area (Å²) in [6.07, 6.45) is 10.1. The van der Waals surface area contributed by atoms with Gasteiger partial charge in [0, 0.05) is 63.3 Å². The van der Waals surface area contributed by atoms with Crippen molar-refractivity contribution in [1.82, 2.24) is 19.5 Å². The number of sulfonamides is 1. The Kier molecular flexibility index (Phi) is 5.87. The van der Waals surface area contributed by atoms with Gasteiger partial charge in [-0.25, -0.2) is 18.2 Å².